The summed E-state index contributed by atoms with van der Waals surface area (Å²) < 4.78 is 1.35. The summed E-state index contributed by atoms with van der Waals surface area (Å²) in [7, 11) is 0. The van der Waals surface area contributed by atoms with E-state index < -0.39 is 0 Å². The molecule has 0 aromatic heterocycles. The van der Waals surface area contributed by atoms with Crippen LogP contribution in [0.1, 0.15) is 149 Å². The zero-order valence-corrected chi connectivity index (χ0v) is 20.7. The molecule has 0 aliphatic rings. The Labute approximate surface area is 181 Å². The Hall–Kier alpha value is 0.730. The second-order valence-corrected chi connectivity index (χ2v) is 9.66. The number of alkyl halides is 1. The van der Waals surface area contributed by atoms with Gasteiger partial charge in [-0.15, -0.1) is 0 Å². The van der Waals surface area contributed by atoms with E-state index in [-0.39, 0.29) is 0 Å². The molecule has 0 aliphatic heterocycles. The minimum absolute atomic E-state index is 1.04. The number of rotatable bonds is 22. The van der Waals surface area contributed by atoms with Crippen LogP contribution >= 0.6 is 22.6 Å². The van der Waals surface area contributed by atoms with E-state index in [1.807, 2.05) is 0 Å². The summed E-state index contributed by atoms with van der Waals surface area (Å²) in [4.78, 5) is 0. The first-order valence-corrected chi connectivity index (χ1v) is 13.9. The molecule has 0 heterocycles. The summed E-state index contributed by atoms with van der Waals surface area (Å²) >= 11 is 2.54. The molecule has 0 saturated heterocycles. The molecule has 1 heteroatoms. The second-order valence-electron chi connectivity index (χ2n) is 8.58. The standard InChI is InChI=1S/C25H51I/c1-3-5-7-9-11-13-15-17-21-25(23-19-20-24-26)22-18-16-14-12-10-8-6-4-2/h25H,3-24H2,1-2H3. The van der Waals surface area contributed by atoms with Crippen LogP contribution in [-0.2, 0) is 0 Å². The van der Waals surface area contributed by atoms with Crippen LogP contribution in [0.25, 0.3) is 0 Å². The van der Waals surface area contributed by atoms with E-state index in [0.29, 0.717) is 0 Å². The Balaban J connectivity index is 3.63. The fourth-order valence-corrected chi connectivity index (χ4v) is 4.63. The maximum atomic E-state index is 2.54. The van der Waals surface area contributed by atoms with Gasteiger partial charge in [0.25, 0.3) is 0 Å². The Morgan fingerprint density at radius 3 is 1.08 bits per heavy atom. The summed E-state index contributed by atoms with van der Waals surface area (Å²) in [5, 5.41) is 0. The van der Waals surface area contributed by atoms with E-state index in [1.54, 1.807) is 0 Å². The molecule has 0 rings (SSSR count). The molecule has 0 aromatic carbocycles. The van der Waals surface area contributed by atoms with Gasteiger partial charge in [0.05, 0.1) is 0 Å². The summed E-state index contributed by atoms with van der Waals surface area (Å²) in [5.74, 6) is 1.04. The third-order valence-electron chi connectivity index (χ3n) is 5.93. The molecule has 0 aliphatic carbocycles. The van der Waals surface area contributed by atoms with Gasteiger partial charge in [-0.25, -0.2) is 0 Å². The van der Waals surface area contributed by atoms with E-state index >= 15 is 0 Å². The number of hydrogen-bond acceptors (Lipinski definition) is 0. The largest absolute Gasteiger partial charge is 0.0864 e. The molecule has 0 unspecified atom stereocenters. The van der Waals surface area contributed by atoms with Crippen LogP contribution in [0.5, 0.6) is 0 Å². The molecule has 0 aromatic rings. The lowest BCUT2D eigenvalue weighted by atomic mass is 9.90. The van der Waals surface area contributed by atoms with Crippen molar-refractivity contribution in [3.05, 3.63) is 0 Å². The molecule has 158 valence electrons. The molecule has 0 amide bonds. The molecule has 0 nitrogen and oxygen atoms in total. The zero-order chi connectivity index (χ0) is 19.1. The van der Waals surface area contributed by atoms with Crippen molar-refractivity contribution in [3.63, 3.8) is 0 Å². The summed E-state index contributed by atoms with van der Waals surface area (Å²) in [6.45, 7) is 4.62. The Bertz CT molecular complexity index is 218. The van der Waals surface area contributed by atoms with Gasteiger partial charge in [0, 0.05) is 0 Å². The predicted molar refractivity (Wildman–Crippen MR) is 131 cm³/mol. The highest BCUT2D eigenvalue weighted by molar-refractivity contribution is 14.1. The van der Waals surface area contributed by atoms with Crippen molar-refractivity contribution in [2.24, 2.45) is 5.92 Å². The third-order valence-corrected chi connectivity index (χ3v) is 6.69. The average molecular weight is 479 g/mol. The molecular weight excluding hydrogens is 427 g/mol. The van der Waals surface area contributed by atoms with Gasteiger partial charge >= 0.3 is 0 Å². The smallest absolute Gasteiger partial charge is 0.000473 e. The lowest BCUT2D eigenvalue weighted by molar-refractivity contribution is 0.371. The highest BCUT2D eigenvalue weighted by atomic mass is 127. The molecule has 0 fully saturated rings. The van der Waals surface area contributed by atoms with E-state index in [4.69, 9.17) is 0 Å². The first kappa shape index (κ1) is 26.7. The third kappa shape index (κ3) is 21.0. The van der Waals surface area contributed by atoms with Crippen LogP contribution in [-0.4, -0.2) is 4.43 Å². The van der Waals surface area contributed by atoms with Crippen molar-refractivity contribution in [1.82, 2.24) is 0 Å². The highest BCUT2D eigenvalue weighted by Crippen LogP contribution is 2.24. The first-order valence-electron chi connectivity index (χ1n) is 12.4. The van der Waals surface area contributed by atoms with E-state index in [9.17, 15) is 0 Å². The topological polar surface area (TPSA) is 0 Å². The SMILES string of the molecule is CCCCCCCCCCC(CCCCI)CCCCCCCCCC. The number of unbranched alkanes of at least 4 members (excludes halogenated alkanes) is 15. The van der Waals surface area contributed by atoms with Crippen molar-refractivity contribution in [2.75, 3.05) is 4.43 Å². The first-order chi connectivity index (χ1) is 12.8. The van der Waals surface area contributed by atoms with Crippen LogP contribution < -0.4 is 0 Å². The van der Waals surface area contributed by atoms with E-state index in [2.05, 4.69) is 36.4 Å². The fourth-order valence-electron chi connectivity index (χ4n) is 4.09. The van der Waals surface area contributed by atoms with Crippen LogP contribution in [0, 0.1) is 5.92 Å². The van der Waals surface area contributed by atoms with E-state index in [1.165, 1.54) is 139 Å². The molecule has 0 bridgehead atoms. The lowest BCUT2D eigenvalue weighted by Crippen LogP contribution is -2.02. The maximum absolute atomic E-state index is 2.54. The summed E-state index contributed by atoms with van der Waals surface area (Å²) in [6.07, 6.45) is 30.9. The molecule has 0 N–H and O–H groups in total. The molecule has 0 spiro atoms. The minimum Gasteiger partial charge on any atom is -0.0864 e. The van der Waals surface area contributed by atoms with Crippen LogP contribution in [0.2, 0.25) is 0 Å². The van der Waals surface area contributed by atoms with Crippen molar-refractivity contribution in [1.29, 1.82) is 0 Å². The number of hydrogen-bond donors (Lipinski definition) is 0. The molecule has 0 saturated carbocycles. The molecular formula is C25H51I. The van der Waals surface area contributed by atoms with Crippen molar-refractivity contribution < 1.29 is 0 Å². The lowest BCUT2D eigenvalue weighted by Gasteiger charge is -2.17. The van der Waals surface area contributed by atoms with Gasteiger partial charge in [-0.3, -0.25) is 0 Å². The Kier molecular flexibility index (Phi) is 24.4. The van der Waals surface area contributed by atoms with Gasteiger partial charge in [0.15, 0.2) is 0 Å². The van der Waals surface area contributed by atoms with Gasteiger partial charge < -0.3 is 0 Å². The predicted octanol–water partition coefficient (Wildman–Crippen LogP) is 10.3. The molecule has 0 radical (unpaired) electrons. The normalized spacial score (nSPS) is 11.5. The fraction of sp³-hybridized carbons (Fsp3) is 1.00. The molecule has 0 atom stereocenters. The maximum Gasteiger partial charge on any atom is -0.000473 e. The van der Waals surface area contributed by atoms with Crippen molar-refractivity contribution >= 4 is 22.6 Å². The van der Waals surface area contributed by atoms with Crippen LogP contribution in [0.15, 0.2) is 0 Å². The van der Waals surface area contributed by atoms with Crippen LogP contribution in [0.4, 0.5) is 0 Å². The number of halogens is 1. The highest BCUT2D eigenvalue weighted by Gasteiger charge is 2.08. The Morgan fingerprint density at radius 2 is 0.731 bits per heavy atom. The van der Waals surface area contributed by atoms with Gasteiger partial charge in [-0.1, -0.05) is 165 Å². The van der Waals surface area contributed by atoms with Crippen molar-refractivity contribution in [3.8, 4) is 0 Å². The van der Waals surface area contributed by atoms with Gasteiger partial charge in [-0.05, 0) is 16.8 Å². The van der Waals surface area contributed by atoms with Gasteiger partial charge in [0.2, 0.25) is 0 Å². The molecule has 26 heavy (non-hydrogen) atoms. The second kappa shape index (κ2) is 23.8. The zero-order valence-electron chi connectivity index (χ0n) is 18.5. The average Bonchev–Trinajstić information content (AvgIpc) is 2.65. The van der Waals surface area contributed by atoms with Crippen molar-refractivity contribution in [2.45, 2.75) is 149 Å². The summed E-state index contributed by atoms with van der Waals surface area (Å²) in [6, 6.07) is 0. The summed E-state index contributed by atoms with van der Waals surface area (Å²) in [5.41, 5.74) is 0. The quantitative estimate of drug-likeness (QED) is 0.0825. The van der Waals surface area contributed by atoms with Crippen LogP contribution in [0.3, 0.4) is 0 Å². The minimum atomic E-state index is 1.04. The monoisotopic (exact) mass is 478 g/mol. The van der Waals surface area contributed by atoms with E-state index in [0.717, 1.165) is 5.92 Å². The van der Waals surface area contributed by atoms with Gasteiger partial charge in [0.1, 0.15) is 0 Å². The Morgan fingerprint density at radius 1 is 0.423 bits per heavy atom. The van der Waals surface area contributed by atoms with Gasteiger partial charge in [-0.2, -0.15) is 0 Å².